The van der Waals surface area contributed by atoms with Gasteiger partial charge in [0.25, 0.3) is 0 Å². The van der Waals surface area contributed by atoms with Gasteiger partial charge < -0.3 is 14.2 Å². The summed E-state index contributed by atoms with van der Waals surface area (Å²) < 4.78 is 16.9. The molecule has 6 nitrogen and oxygen atoms in total. The van der Waals surface area contributed by atoms with E-state index in [1.54, 1.807) is 0 Å². The number of allylic oxidation sites excluding steroid dienone is 14. The smallest absolute Gasteiger partial charge is 0.306 e. The Balaban J connectivity index is 4.22. The number of carbonyl (C=O) groups excluding carboxylic acids is 3. The zero-order valence-corrected chi connectivity index (χ0v) is 48.8. The van der Waals surface area contributed by atoms with Crippen molar-refractivity contribution >= 4 is 17.9 Å². The Labute approximate surface area is 458 Å². The highest BCUT2D eigenvalue weighted by atomic mass is 16.6. The Morgan fingerprint density at radius 3 is 0.865 bits per heavy atom. The molecule has 0 aromatic rings. The van der Waals surface area contributed by atoms with Gasteiger partial charge in [0.2, 0.25) is 0 Å². The molecule has 1 unspecified atom stereocenters. The summed E-state index contributed by atoms with van der Waals surface area (Å²) in [5.41, 5.74) is 0. The van der Waals surface area contributed by atoms with E-state index in [0.717, 1.165) is 116 Å². The van der Waals surface area contributed by atoms with Crippen molar-refractivity contribution in [3.8, 4) is 0 Å². The molecule has 0 bridgehead atoms. The van der Waals surface area contributed by atoms with Gasteiger partial charge in [-0.05, 0) is 89.9 Å². The summed E-state index contributed by atoms with van der Waals surface area (Å²) in [6.45, 7) is 6.50. The highest BCUT2D eigenvalue weighted by molar-refractivity contribution is 5.71. The minimum Gasteiger partial charge on any atom is -0.462 e. The van der Waals surface area contributed by atoms with Gasteiger partial charge >= 0.3 is 17.9 Å². The lowest BCUT2D eigenvalue weighted by Gasteiger charge is -2.18. The lowest BCUT2D eigenvalue weighted by atomic mass is 10.0. The van der Waals surface area contributed by atoms with Gasteiger partial charge in [0.1, 0.15) is 13.2 Å². The van der Waals surface area contributed by atoms with E-state index in [1.165, 1.54) is 154 Å². The Bertz CT molecular complexity index is 1420. The van der Waals surface area contributed by atoms with Crippen molar-refractivity contribution in [2.45, 2.75) is 316 Å². The van der Waals surface area contributed by atoms with Gasteiger partial charge in [0.15, 0.2) is 6.10 Å². The molecule has 0 amide bonds. The van der Waals surface area contributed by atoms with E-state index >= 15 is 0 Å². The third-order valence-corrected chi connectivity index (χ3v) is 13.6. The molecule has 0 saturated carbocycles. The molecule has 6 heteroatoms. The number of ether oxygens (including phenoxy) is 3. The van der Waals surface area contributed by atoms with Gasteiger partial charge in [-0.3, -0.25) is 14.4 Å². The Hall–Kier alpha value is -3.41. The van der Waals surface area contributed by atoms with Crippen molar-refractivity contribution in [2.24, 2.45) is 0 Å². The molecule has 0 aromatic carbocycles. The fourth-order valence-electron chi connectivity index (χ4n) is 8.90. The third kappa shape index (κ3) is 59.5. The second-order valence-electron chi connectivity index (χ2n) is 20.9. The average Bonchev–Trinajstić information content (AvgIpc) is 3.40. The fourth-order valence-corrected chi connectivity index (χ4v) is 8.90. The van der Waals surface area contributed by atoms with Crippen LogP contribution in [0.2, 0.25) is 0 Å². The molecular weight excluding hydrogens is 913 g/mol. The zero-order valence-electron chi connectivity index (χ0n) is 48.8. The summed E-state index contributed by atoms with van der Waals surface area (Å²) in [5, 5.41) is 0. The van der Waals surface area contributed by atoms with E-state index in [-0.39, 0.29) is 31.1 Å². The van der Waals surface area contributed by atoms with Crippen molar-refractivity contribution in [1.82, 2.24) is 0 Å². The highest BCUT2D eigenvalue weighted by Crippen LogP contribution is 2.16. The van der Waals surface area contributed by atoms with Crippen LogP contribution in [-0.2, 0) is 28.6 Å². The summed E-state index contributed by atoms with van der Waals surface area (Å²) in [6, 6.07) is 0. The maximum Gasteiger partial charge on any atom is 0.306 e. The lowest BCUT2D eigenvalue weighted by molar-refractivity contribution is -0.167. The first-order valence-corrected chi connectivity index (χ1v) is 31.6. The first kappa shape index (κ1) is 70.6. The number of carbonyl (C=O) groups is 3. The van der Waals surface area contributed by atoms with Gasteiger partial charge in [0.05, 0.1) is 0 Å². The fraction of sp³-hybridized carbons (Fsp3) is 0.750. The van der Waals surface area contributed by atoms with Crippen LogP contribution >= 0.6 is 0 Å². The number of hydrogen-bond donors (Lipinski definition) is 0. The molecule has 0 aromatic heterocycles. The SMILES string of the molecule is CC/C=C\C/C=C\C/C=C\C/C=C\C/C=C\CCCCCCCCCCCCCCCC(=O)OCC(COC(=O)CCCCCCCCCCCCCCC)OC(=O)CCCCCCC/C=C\C/C=C\CCCC. The average molecular weight is 1030 g/mol. The Morgan fingerprint density at radius 1 is 0.284 bits per heavy atom. The summed E-state index contributed by atoms with van der Waals surface area (Å²) in [5.74, 6) is -0.882. The van der Waals surface area contributed by atoms with Gasteiger partial charge in [-0.2, -0.15) is 0 Å². The van der Waals surface area contributed by atoms with Crippen LogP contribution in [0.25, 0.3) is 0 Å². The Morgan fingerprint density at radius 2 is 0.541 bits per heavy atom. The second-order valence-corrected chi connectivity index (χ2v) is 20.9. The van der Waals surface area contributed by atoms with Crippen molar-refractivity contribution in [3.63, 3.8) is 0 Å². The molecular formula is C68H118O6. The number of hydrogen-bond acceptors (Lipinski definition) is 6. The summed E-state index contributed by atoms with van der Waals surface area (Å²) >= 11 is 0. The minimum atomic E-state index is -0.782. The van der Waals surface area contributed by atoms with Crippen LogP contribution < -0.4 is 0 Å². The predicted octanol–water partition coefficient (Wildman–Crippen LogP) is 21.5. The zero-order chi connectivity index (χ0) is 53.6. The van der Waals surface area contributed by atoms with Crippen molar-refractivity contribution in [2.75, 3.05) is 13.2 Å². The van der Waals surface area contributed by atoms with E-state index in [0.29, 0.717) is 19.3 Å². The van der Waals surface area contributed by atoms with E-state index in [2.05, 4.69) is 106 Å². The summed E-state index contributed by atoms with van der Waals surface area (Å²) in [7, 11) is 0. The lowest BCUT2D eigenvalue weighted by Crippen LogP contribution is -2.30. The van der Waals surface area contributed by atoms with Gasteiger partial charge in [-0.25, -0.2) is 0 Å². The summed E-state index contributed by atoms with van der Waals surface area (Å²) in [6.07, 6.45) is 81.6. The molecule has 0 saturated heterocycles. The topological polar surface area (TPSA) is 78.9 Å². The molecule has 0 N–H and O–H groups in total. The molecule has 426 valence electrons. The van der Waals surface area contributed by atoms with Gasteiger partial charge in [0, 0.05) is 19.3 Å². The van der Waals surface area contributed by atoms with Crippen LogP contribution in [0.3, 0.4) is 0 Å². The predicted molar refractivity (Wildman–Crippen MR) is 321 cm³/mol. The molecule has 0 fully saturated rings. The van der Waals surface area contributed by atoms with Crippen molar-refractivity contribution < 1.29 is 28.6 Å². The van der Waals surface area contributed by atoms with Crippen LogP contribution in [0.4, 0.5) is 0 Å². The molecule has 0 radical (unpaired) electrons. The quantitative estimate of drug-likeness (QED) is 0.0261. The van der Waals surface area contributed by atoms with E-state index in [1.807, 2.05) is 0 Å². The normalized spacial score (nSPS) is 12.6. The molecule has 74 heavy (non-hydrogen) atoms. The second kappa shape index (κ2) is 62.1. The van der Waals surface area contributed by atoms with E-state index in [9.17, 15) is 14.4 Å². The largest absolute Gasteiger partial charge is 0.462 e. The van der Waals surface area contributed by atoms with Crippen LogP contribution in [0, 0.1) is 0 Å². The first-order valence-electron chi connectivity index (χ1n) is 31.6. The third-order valence-electron chi connectivity index (χ3n) is 13.6. The molecule has 0 spiro atoms. The molecule has 0 aliphatic carbocycles. The molecule has 0 aliphatic rings. The van der Waals surface area contributed by atoms with Gasteiger partial charge in [-0.1, -0.05) is 286 Å². The number of esters is 3. The van der Waals surface area contributed by atoms with E-state index < -0.39 is 6.10 Å². The monoisotopic (exact) mass is 1030 g/mol. The number of rotatable bonds is 57. The first-order chi connectivity index (χ1) is 36.5. The van der Waals surface area contributed by atoms with Crippen LogP contribution in [0.15, 0.2) is 85.1 Å². The summed E-state index contributed by atoms with van der Waals surface area (Å²) in [4.78, 5) is 38.2. The maximum absolute atomic E-state index is 12.9. The van der Waals surface area contributed by atoms with Gasteiger partial charge in [-0.15, -0.1) is 0 Å². The maximum atomic E-state index is 12.9. The standard InChI is InChI=1S/C68H118O6/c1-4-7-10-13-16-19-22-25-27-28-29-30-31-32-33-34-35-36-37-38-39-40-41-44-46-49-52-55-58-61-67(70)73-64-65(63-72-66(69)60-57-54-51-48-45-42-24-21-18-15-12-9-6-3)74-68(71)62-59-56-53-50-47-43-26-23-20-17-14-11-8-5-2/h7,10,14,16-17,19,23,25-27,29-30,32-33,65H,4-6,8-9,11-13,15,18,20-22,24,28,31,34-64H2,1-3H3/b10-7-,17-14-,19-16-,26-23-,27-25-,30-29-,33-32-. The van der Waals surface area contributed by atoms with Crippen LogP contribution in [-0.4, -0.2) is 37.2 Å². The van der Waals surface area contributed by atoms with Crippen molar-refractivity contribution in [1.29, 1.82) is 0 Å². The van der Waals surface area contributed by atoms with Crippen molar-refractivity contribution in [3.05, 3.63) is 85.1 Å². The van der Waals surface area contributed by atoms with E-state index in [4.69, 9.17) is 14.2 Å². The highest BCUT2D eigenvalue weighted by Gasteiger charge is 2.19. The Kier molecular flexibility index (Phi) is 59.3. The minimum absolute atomic E-state index is 0.0786. The molecule has 1 atom stereocenters. The molecule has 0 rings (SSSR count). The molecule has 0 aliphatic heterocycles. The number of unbranched alkanes of at least 4 members (excludes halogenated alkanes) is 32. The molecule has 0 heterocycles. The van der Waals surface area contributed by atoms with Crippen LogP contribution in [0.5, 0.6) is 0 Å². The van der Waals surface area contributed by atoms with Crippen LogP contribution in [0.1, 0.15) is 310 Å².